The lowest BCUT2D eigenvalue weighted by Gasteiger charge is -2.23. The zero-order valence-electron chi connectivity index (χ0n) is 11.5. The van der Waals surface area contributed by atoms with Crippen molar-refractivity contribution in [1.82, 2.24) is 4.90 Å². The highest BCUT2D eigenvalue weighted by atomic mass is 16.4. The van der Waals surface area contributed by atoms with Gasteiger partial charge < -0.3 is 15.7 Å². The minimum atomic E-state index is -0.949. The van der Waals surface area contributed by atoms with Crippen molar-refractivity contribution < 1.29 is 14.7 Å². The maximum Gasteiger partial charge on any atom is 0.326 e. The number of carbonyl (C=O) groups excluding carboxylic acids is 1. The molecule has 0 saturated carbocycles. The molecule has 1 fully saturated rings. The van der Waals surface area contributed by atoms with Crippen LogP contribution < -0.4 is 5.73 Å². The molecule has 5 nitrogen and oxygen atoms in total. The quantitative estimate of drug-likeness (QED) is 0.855. The second-order valence-electron chi connectivity index (χ2n) is 5.42. The number of rotatable bonds is 4. The maximum absolute atomic E-state index is 12.0. The van der Waals surface area contributed by atoms with Gasteiger partial charge in [0.15, 0.2) is 0 Å². The Balaban J connectivity index is 2.08. The first-order chi connectivity index (χ1) is 9.49. The lowest BCUT2D eigenvalue weighted by atomic mass is 9.97. The largest absolute Gasteiger partial charge is 0.480 e. The summed E-state index contributed by atoms with van der Waals surface area (Å²) in [5.41, 5.74) is 6.76. The van der Waals surface area contributed by atoms with E-state index >= 15 is 0 Å². The molecular formula is C15H20N2O3. The van der Waals surface area contributed by atoms with Gasteiger partial charge in [-0.05, 0) is 31.2 Å². The summed E-state index contributed by atoms with van der Waals surface area (Å²) in [7, 11) is 0. The Morgan fingerprint density at radius 3 is 2.60 bits per heavy atom. The summed E-state index contributed by atoms with van der Waals surface area (Å²) in [6.45, 7) is 2.05. The number of benzene rings is 1. The van der Waals surface area contributed by atoms with Gasteiger partial charge in [0, 0.05) is 6.54 Å². The molecule has 0 aromatic heterocycles. The summed E-state index contributed by atoms with van der Waals surface area (Å²) in [6.07, 6.45) is 1.27. The normalized spacial score (nSPS) is 23.6. The zero-order valence-corrected chi connectivity index (χ0v) is 11.5. The van der Waals surface area contributed by atoms with E-state index in [9.17, 15) is 14.7 Å². The van der Waals surface area contributed by atoms with Crippen LogP contribution in [0.4, 0.5) is 0 Å². The van der Waals surface area contributed by atoms with Crippen LogP contribution in [0.5, 0.6) is 0 Å². The molecule has 108 valence electrons. The van der Waals surface area contributed by atoms with Crippen molar-refractivity contribution in [2.24, 2.45) is 11.7 Å². The van der Waals surface area contributed by atoms with Crippen molar-refractivity contribution >= 4 is 11.9 Å². The maximum atomic E-state index is 12.0. The van der Waals surface area contributed by atoms with Crippen LogP contribution >= 0.6 is 0 Å². The molecule has 0 spiro atoms. The lowest BCUT2D eigenvalue weighted by molar-refractivity contribution is -0.148. The first-order valence-corrected chi connectivity index (χ1v) is 6.82. The fraction of sp³-hybridized carbons (Fsp3) is 0.467. The lowest BCUT2D eigenvalue weighted by Crippen LogP contribution is -2.47. The van der Waals surface area contributed by atoms with Crippen molar-refractivity contribution in [3.05, 3.63) is 35.9 Å². The van der Waals surface area contributed by atoms with E-state index < -0.39 is 18.1 Å². The van der Waals surface area contributed by atoms with Gasteiger partial charge in [-0.2, -0.15) is 0 Å². The molecule has 1 heterocycles. The second kappa shape index (κ2) is 6.05. The van der Waals surface area contributed by atoms with E-state index in [4.69, 9.17) is 5.73 Å². The second-order valence-corrected chi connectivity index (χ2v) is 5.42. The summed E-state index contributed by atoms with van der Waals surface area (Å²) in [6, 6.07) is 8.50. The van der Waals surface area contributed by atoms with E-state index in [-0.39, 0.29) is 11.8 Å². The molecule has 2 rings (SSSR count). The Morgan fingerprint density at radius 2 is 2.05 bits per heavy atom. The van der Waals surface area contributed by atoms with Crippen molar-refractivity contribution in [2.45, 2.75) is 31.8 Å². The standard InChI is InChI=1S/C15H20N2O3/c1-10(16)14(18)17-9-12(8-13(17)15(19)20)7-11-5-3-2-4-6-11/h2-6,10,12-13H,7-9,16H2,1H3,(H,19,20)/t10-,12-,13-/m0/s1. The smallest absolute Gasteiger partial charge is 0.326 e. The summed E-state index contributed by atoms with van der Waals surface area (Å²) in [4.78, 5) is 24.7. The number of carboxylic acid groups (broad SMARTS) is 1. The highest BCUT2D eigenvalue weighted by Crippen LogP contribution is 2.27. The van der Waals surface area contributed by atoms with Crippen LogP contribution in [0.3, 0.4) is 0 Å². The molecule has 3 N–H and O–H groups in total. The molecule has 1 aliphatic rings. The Kier molecular flexibility index (Phi) is 4.39. The Labute approximate surface area is 118 Å². The highest BCUT2D eigenvalue weighted by molar-refractivity contribution is 5.87. The van der Waals surface area contributed by atoms with E-state index in [2.05, 4.69) is 0 Å². The number of carboxylic acids is 1. The van der Waals surface area contributed by atoms with Crippen molar-refractivity contribution in [1.29, 1.82) is 0 Å². The van der Waals surface area contributed by atoms with E-state index in [0.29, 0.717) is 13.0 Å². The van der Waals surface area contributed by atoms with Crippen LogP contribution in [0.25, 0.3) is 0 Å². The van der Waals surface area contributed by atoms with Gasteiger partial charge in [0.2, 0.25) is 5.91 Å². The van der Waals surface area contributed by atoms with Gasteiger partial charge in [-0.3, -0.25) is 4.79 Å². The third-order valence-electron chi connectivity index (χ3n) is 3.71. The molecule has 1 amide bonds. The number of hydrogen-bond donors (Lipinski definition) is 2. The predicted octanol–water partition coefficient (Wildman–Crippen LogP) is 0.878. The Morgan fingerprint density at radius 1 is 1.40 bits per heavy atom. The van der Waals surface area contributed by atoms with Crippen LogP contribution in [0.15, 0.2) is 30.3 Å². The average Bonchev–Trinajstić information content (AvgIpc) is 2.83. The van der Waals surface area contributed by atoms with Crippen LogP contribution in [-0.4, -0.2) is 40.5 Å². The monoisotopic (exact) mass is 276 g/mol. The predicted molar refractivity (Wildman–Crippen MR) is 75.0 cm³/mol. The number of aliphatic carboxylic acids is 1. The molecule has 0 unspecified atom stereocenters. The number of hydrogen-bond acceptors (Lipinski definition) is 3. The summed E-state index contributed by atoms with van der Waals surface area (Å²) < 4.78 is 0. The number of nitrogens with two attached hydrogens (primary N) is 1. The van der Waals surface area contributed by atoms with Crippen LogP contribution in [0.1, 0.15) is 18.9 Å². The first kappa shape index (κ1) is 14.5. The molecule has 5 heteroatoms. The molecule has 3 atom stereocenters. The molecule has 1 saturated heterocycles. The van der Waals surface area contributed by atoms with Crippen molar-refractivity contribution in [3.8, 4) is 0 Å². The van der Waals surface area contributed by atoms with Crippen molar-refractivity contribution in [2.75, 3.05) is 6.54 Å². The Bertz CT molecular complexity index is 487. The van der Waals surface area contributed by atoms with Gasteiger partial charge in [-0.25, -0.2) is 4.79 Å². The van der Waals surface area contributed by atoms with E-state index in [1.165, 1.54) is 4.90 Å². The average molecular weight is 276 g/mol. The number of amides is 1. The minimum absolute atomic E-state index is 0.168. The van der Waals surface area contributed by atoms with Gasteiger partial charge in [0.25, 0.3) is 0 Å². The molecule has 1 aliphatic heterocycles. The van der Waals surface area contributed by atoms with Crippen LogP contribution in [-0.2, 0) is 16.0 Å². The summed E-state index contributed by atoms with van der Waals surface area (Å²) in [5, 5.41) is 9.26. The number of likely N-dealkylation sites (tertiary alicyclic amines) is 1. The third kappa shape index (κ3) is 3.17. The molecule has 20 heavy (non-hydrogen) atoms. The summed E-state index contributed by atoms with van der Waals surface area (Å²) in [5.74, 6) is -1.07. The van der Waals surface area contributed by atoms with Gasteiger partial charge in [0.1, 0.15) is 6.04 Å². The molecular weight excluding hydrogens is 256 g/mol. The third-order valence-corrected chi connectivity index (χ3v) is 3.71. The SMILES string of the molecule is C[C@H](N)C(=O)N1C[C@@H](Cc2ccccc2)C[C@H]1C(=O)O. The van der Waals surface area contributed by atoms with E-state index in [1.807, 2.05) is 30.3 Å². The van der Waals surface area contributed by atoms with E-state index in [1.54, 1.807) is 6.92 Å². The summed E-state index contributed by atoms with van der Waals surface area (Å²) >= 11 is 0. The topological polar surface area (TPSA) is 83.6 Å². The fourth-order valence-electron chi connectivity index (χ4n) is 2.76. The van der Waals surface area contributed by atoms with Crippen LogP contribution in [0.2, 0.25) is 0 Å². The highest BCUT2D eigenvalue weighted by Gasteiger charge is 2.40. The minimum Gasteiger partial charge on any atom is -0.480 e. The number of nitrogens with zero attached hydrogens (tertiary/aromatic N) is 1. The van der Waals surface area contributed by atoms with Gasteiger partial charge in [0.05, 0.1) is 6.04 Å². The number of carbonyl (C=O) groups is 2. The zero-order chi connectivity index (χ0) is 14.7. The molecule has 1 aromatic carbocycles. The molecule has 0 bridgehead atoms. The fourth-order valence-corrected chi connectivity index (χ4v) is 2.76. The van der Waals surface area contributed by atoms with Crippen molar-refractivity contribution in [3.63, 3.8) is 0 Å². The molecule has 1 aromatic rings. The molecule has 0 radical (unpaired) electrons. The van der Waals surface area contributed by atoms with Gasteiger partial charge >= 0.3 is 5.97 Å². The van der Waals surface area contributed by atoms with Gasteiger partial charge in [-0.15, -0.1) is 0 Å². The van der Waals surface area contributed by atoms with Crippen LogP contribution in [0, 0.1) is 5.92 Å². The van der Waals surface area contributed by atoms with E-state index in [0.717, 1.165) is 12.0 Å². The first-order valence-electron chi connectivity index (χ1n) is 6.82. The Hall–Kier alpha value is -1.88. The van der Waals surface area contributed by atoms with Gasteiger partial charge in [-0.1, -0.05) is 30.3 Å². The molecule has 0 aliphatic carbocycles.